The molecule has 0 aliphatic rings. The quantitative estimate of drug-likeness (QED) is 0.946. The number of nitrogens with zero attached hydrogens (tertiary/aromatic N) is 2. The van der Waals surface area contributed by atoms with Crippen molar-refractivity contribution in [3.8, 4) is 0 Å². The Morgan fingerprint density at radius 1 is 1.53 bits per heavy atom. The molecule has 0 radical (unpaired) electrons. The van der Waals surface area contributed by atoms with Crippen LogP contribution in [0.3, 0.4) is 0 Å². The minimum Gasteiger partial charge on any atom is -0.478 e. The van der Waals surface area contributed by atoms with Gasteiger partial charge in [0.15, 0.2) is 5.16 Å². The topological polar surface area (TPSA) is 55.1 Å². The van der Waals surface area contributed by atoms with Gasteiger partial charge in [-0.05, 0) is 18.2 Å². The molecule has 1 heterocycles. The minimum absolute atomic E-state index is 0.271. The summed E-state index contributed by atoms with van der Waals surface area (Å²) in [6.45, 7) is 0. The number of aromatic nitrogens is 2. The molecular weight excluding hydrogens is 304 g/mol. The van der Waals surface area contributed by atoms with Crippen molar-refractivity contribution in [2.45, 2.75) is 10.1 Å². The normalized spacial score (nSPS) is 10.5. The molecule has 0 spiro atoms. The number of imidazole rings is 1. The summed E-state index contributed by atoms with van der Waals surface area (Å²) in [6.07, 6.45) is 3.50. The van der Waals surface area contributed by atoms with Gasteiger partial charge >= 0.3 is 5.97 Å². The number of halogens is 1. The Balaban J connectivity index is 2.39. The zero-order chi connectivity index (χ0) is 12.4. The molecule has 0 saturated carbocycles. The first-order chi connectivity index (χ1) is 8.08. The number of hydrogen-bond acceptors (Lipinski definition) is 3. The van der Waals surface area contributed by atoms with Crippen molar-refractivity contribution in [2.24, 2.45) is 7.05 Å². The van der Waals surface area contributed by atoms with Crippen LogP contribution in [0.25, 0.3) is 0 Å². The van der Waals surface area contributed by atoms with Crippen molar-refractivity contribution in [2.75, 3.05) is 0 Å². The Bertz CT molecular complexity index is 568. The van der Waals surface area contributed by atoms with Gasteiger partial charge < -0.3 is 9.67 Å². The molecule has 0 unspecified atom stereocenters. The summed E-state index contributed by atoms with van der Waals surface area (Å²) in [7, 11) is 1.87. The van der Waals surface area contributed by atoms with Gasteiger partial charge in [-0.15, -0.1) is 0 Å². The fraction of sp³-hybridized carbons (Fsp3) is 0.0909. The molecule has 1 aromatic carbocycles. The van der Waals surface area contributed by atoms with E-state index in [2.05, 4.69) is 20.9 Å². The van der Waals surface area contributed by atoms with Crippen LogP contribution in [-0.2, 0) is 7.05 Å². The number of carbonyl (C=O) groups is 1. The van der Waals surface area contributed by atoms with Crippen LogP contribution in [0.4, 0.5) is 0 Å². The van der Waals surface area contributed by atoms with Crippen LogP contribution < -0.4 is 0 Å². The molecule has 0 fully saturated rings. The summed E-state index contributed by atoms with van der Waals surface area (Å²) < 4.78 is 2.59. The van der Waals surface area contributed by atoms with Gasteiger partial charge in [0.1, 0.15) is 0 Å². The van der Waals surface area contributed by atoms with Gasteiger partial charge in [-0.3, -0.25) is 0 Å². The van der Waals surface area contributed by atoms with Gasteiger partial charge in [0.2, 0.25) is 0 Å². The molecule has 6 heteroatoms. The lowest BCUT2D eigenvalue weighted by atomic mass is 10.2. The van der Waals surface area contributed by atoms with Crippen molar-refractivity contribution in [3.63, 3.8) is 0 Å². The highest BCUT2D eigenvalue weighted by Crippen LogP contribution is 2.30. The second-order valence-corrected chi connectivity index (χ2v) is 5.29. The van der Waals surface area contributed by atoms with Crippen LogP contribution in [-0.4, -0.2) is 20.6 Å². The number of aryl methyl sites for hydroxylation is 1. The molecule has 0 saturated heterocycles. The van der Waals surface area contributed by atoms with E-state index in [1.54, 1.807) is 18.3 Å². The molecule has 0 bridgehead atoms. The monoisotopic (exact) mass is 312 g/mol. The van der Waals surface area contributed by atoms with Gasteiger partial charge in [-0.1, -0.05) is 27.7 Å². The average Bonchev–Trinajstić information content (AvgIpc) is 2.67. The molecule has 0 atom stereocenters. The number of carboxylic acid groups (broad SMARTS) is 1. The van der Waals surface area contributed by atoms with E-state index in [0.29, 0.717) is 4.90 Å². The molecule has 1 N–H and O–H groups in total. The summed E-state index contributed by atoms with van der Waals surface area (Å²) in [5.41, 5.74) is 0.271. The Morgan fingerprint density at radius 3 is 2.88 bits per heavy atom. The van der Waals surface area contributed by atoms with Gasteiger partial charge in [0.05, 0.1) is 5.56 Å². The number of aromatic carboxylic acids is 1. The second-order valence-electron chi connectivity index (χ2n) is 3.37. The van der Waals surface area contributed by atoms with E-state index in [-0.39, 0.29) is 5.56 Å². The fourth-order valence-corrected chi connectivity index (χ4v) is 2.58. The first kappa shape index (κ1) is 12.2. The smallest absolute Gasteiger partial charge is 0.336 e. The van der Waals surface area contributed by atoms with E-state index in [1.807, 2.05) is 23.9 Å². The Kier molecular flexibility index (Phi) is 3.54. The largest absolute Gasteiger partial charge is 0.478 e. The Labute approximate surface area is 111 Å². The minimum atomic E-state index is -0.942. The fourth-order valence-electron chi connectivity index (χ4n) is 1.31. The molecule has 88 valence electrons. The lowest BCUT2D eigenvalue weighted by Gasteiger charge is -2.06. The molecule has 0 amide bonds. The Hall–Kier alpha value is -1.27. The van der Waals surface area contributed by atoms with E-state index >= 15 is 0 Å². The van der Waals surface area contributed by atoms with Crippen molar-refractivity contribution < 1.29 is 9.90 Å². The zero-order valence-electron chi connectivity index (χ0n) is 8.92. The molecule has 4 nitrogen and oxygen atoms in total. The maximum Gasteiger partial charge on any atom is 0.336 e. The molecular formula is C11H9BrN2O2S. The third-order valence-corrected chi connectivity index (χ3v) is 3.80. The lowest BCUT2D eigenvalue weighted by molar-refractivity contribution is 0.0693. The molecule has 17 heavy (non-hydrogen) atoms. The van der Waals surface area contributed by atoms with E-state index in [9.17, 15) is 4.79 Å². The number of hydrogen-bond donors (Lipinski definition) is 1. The number of benzene rings is 1. The molecule has 2 rings (SSSR count). The summed E-state index contributed by atoms with van der Waals surface area (Å²) in [4.78, 5) is 16.0. The summed E-state index contributed by atoms with van der Waals surface area (Å²) in [5, 5.41) is 9.89. The van der Waals surface area contributed by atoms with E-state index < -0.39 is 5.97 Å². The van der Waals surface area contributed by atoms with Gasteiger partial charge in [-0.2, -0.15) is 0 Å². The zero-order valence-corrected chi connectivity index (χ0v) is 11.3. The summed E-state index contributed by atoms with van der Waals surface area (Å²) >= 11 is 4.60. The summed E-state index contributed by atoms with van der Waals surface area (Å²) in [6, 6.07) is 5.18. The molecule has 1 aromatic heterocycles. The third-order valence-electron chi connectivity index (χ3n) is 2.15. The highest BCUT2D eigenvalue weighted by Gasteiger charge is 2.13. The highest BCUT2D eigenvalue weighted by atomic mass is 79.9. The van der Waals surface area contributed by atoms with Crippen LogP contribution >= 0.6 is 27.7 Å². The van der Waals surface area contributed by atoms with Gasteiger partial charge in [0.25, 0.3) is 0 Å². The maximum absolute atomic E-state index is 11.1. The Morgan fingerprint density at radius 2 is 2.29 bits per heavy atom. The first-order valence-corrected chi connectivity index (χ1v) is 6.37. The first-order valence-electron chi connectivity index (χ1n) is 4.76. The van der Waals surface area contributed by atoms with Crippen molar-refractivity contribution in [3.05, 3.63) is 40.6 Å². The van der Waals surface area contributed by atoms with Crippen LogP contribution in [0, 0.1) is 0 Å². The predicted octanol–water partition coefficient (Wildman–Crippen LogP) is 3.03. The molecule has 2 aromatic rings. The number of carboxylic acids is 1. The van der Waals surface area contributed by atoms with E-state index in [0.717, 1.165) is 9.63 Å². The third kappa shape index (κ3) is 2.70. The summed E-state index contributed by atoms with van der Waals surface area (Å²) in [5.74, 6) is -0.942. The predicted molar refractivity (Wildman–Crippen MR) is 68.4 cm³/mol. The molecule has 0 aliphatic heterocycles. The van der Waals surface area contributed by atoms with Crippen LogP contribution in [0.2, 0.25) is 0 Å². The highest BCUT2D eigenvalue weighted by molar-refractivity contribution is 9.10. The lowest BCUT2D eigenvalue weighted by Crippen LogP contribution is -1.99. The van der Waals surface area contributed by atoms with E-state index in [4.69, 9.17) is 5.11 Å². The van der Waals surface area contributed by atoms with Crippen molar-refractivity contribution in [1.82, 2.24) is 9.55 Å². The van der Waals surface area contributed by atoms with Crippen LogP contribution in [0.5, 0.6) is 0 Å². The van der Waals surface area contributed by atoms with Crippen LogP contribution in [0.15, 0.2) is 45.1 Å². The van der Waals surface area contributed by atoms with Crippen molar-refractivity contribution >= 4 is 33.7 Å². The standard InChI is InChI=1S/C11H9BrN2O2S/c1-14-5-4-13-11(14)17-9-3-2-7(12)6-8(9)10(15)16/h2-6H,1H3,(H,15,16). The SMILES string of the molecule is Cn1ccnc1Sc1ccc(Br)cc1C(=O)O. The average molecular weight is 313 g/mol. The van der Waals surface area contributed by atoms with E-state index in [1.165, 1.54) is 11.8 Å². The van der Waals surface area contributed by atoms with Gasteiger partial charge in [0, 0.05) is 28.8 Å². The maximum atomic E-state index is 11.1. The number of rotatable bonds is 3. The van der Waals surface area contributed by atoms with Crippen molar-refractivity contribution in [1.29, 1.82) is 0 Å². The van der Waals surface area contributed by atoms with Crippen LogP contribution in [0.1, 0.15) is 10.4 Å². The van der Waals surface area contributed by atoms with Gasteiger partial charge in [-0.25, -0.2) is 9.78 Å². The second kappa shape index (κ2) is 4.93. The molecule has 0 aliphatic carbocycles.